The van der Waals surface area contributed by atoms with Gasteiger partial charge in [0.05, 0.1) is 12.1 Å². The van der Waals surface area contributed by atoms with Crippen molar-refractivity contribution >= 4 is 28.5 Å². The summed E-state index contributed by atoms with van der Waals surface area (Å²) in [5.74, 6) is -1.78. The largest absolute Gasteiger partial charge is 0.481 e. The van der Waals surface area contributed by atoms with E-state index >= 15 is 4.39 Å². The van der Waals surface area contributed by atoms with Crippen LogP contribution in [0, 0.1) is 23.6 Å². The van der Waals surface area contributed by atoms with Gasteiger partial charge in [0.25, 0.3) is 0 Å². The molecule has 0 aromatic carbocycles. The van der Waals surface area contributed by atoms with Crippen LogP contribution in [-0.4, -0.2) is 43.7 Å². The molecule has 182 valence electrons. The molecular weight excluding hydrogens is 454 g/mol. The van der Waals surface area contributed by atoms with Gasteiger partial charge >= 0.3 is 5.97 Å². The van der Waals surface area contributed by atoms with Crippen molar-refractivity contribution in [1.29, 1.82) is 0 Å². The number of aromatic amines is 1. The number of aliphatic imine (C=N–C) groups is 1. The zero-order valence-corrected chi connectivity index (χ0v) is 19.1. The standard InChI is InChI=1S/C25H26F2N6O2/c1-33-7-6-14(11-33)21-19(27)24(30-20-13-4-2-12(3-5-13)18(20)25(34)35)32-23(31-21)17-10-29-22-16(17)8-15(26)9-28-22/h6-13,18,20,24,30H,2-5H2,1H3,(H,28,29)(H,31,32)(H,34,35). The van der Waals surface area contributed by atoms with Crippen LogP contribution in [0.2, 0.25) is 0 Å². The van der Waals surface area contributed by atoms with Gasteiger partial charge in [-0.1, -0.05) is 0 Å². The van der Waals surface area contributed by atoms with E-state index in [9.17, 15) is 14.3 Å². The summed E-state index contributed by atoms with van der Waals surface area (Å²) < 4.78 is 31.7. The van der Waals surface area contributed by atoms with Crippen LogP contribution in [0.25, 0.3) is 16.7 Å². The number of amidine groups is 1. The zero-order valence-electron chi connectivity index (χ0n) is 19.1. The van der Waals surface area contributed by atoms with E-state index in [2.05, 4.69) is 25.6 Å². The van der Waals surface area contributed by atoms with Gasteiger partial charge in [0.15, 0.2) is 5.83 Å². The molecule has 2 bridgehead atoms. The predicted octanol–water partition coefficient (Wildman–Crippen LogP) is 3.53. The molecule has 3 unspecified atom stereocenters. The number of carboxylic acids is 1. The number of fused-ring (bicyclic) bond motifs is 4. The lowest BCUT2D eigenvalue weighted by molar-refractivity contribution is -0.150. The Labute approximate surface area is 200 Å². The summed E-state index contributed by atoms with van der Waals surface area (Å²) in [5, 5.41) is 16.9. The third-order valence-electron chi connectivity index (χ3n) is 7.71. The molecule has 1 aliphatic heterocycles. The number of carbonyl (C=O) groups is 1. The third-order valence-corrected chi connectivity index (χ3v) is 7.71. The fourth-order valence-electron chi connectivity index (χ4n) is 6.04. The van der Waals surface area contributed by atoms with E-state index < -0.39 is 29.7 Å². The average Bonchev–Trinajstić information content (AvgIpc) is 3.46. The number of nitrogens with one attached hydrogen (secondary N) is 3. The highest BCUT2D eigenvalue weighted by Gasteiger charge is 2.48. The quantitative estimate of drug-likeness (QED) is 0.447. The van der Waals surface area contributed by atoms with Crippen LogP contribution >= 0.6 is 0 Å². The van der Waals surface area contributed by atoms with Crippen LogP contribution < -0.4 is 10.6 Å². The van der Waals surface area contributed by atoms with Crippen molar-refractivity contribution in [3.63, 3.8) is 0 Å². The van der Waals surface area contributed by atoms with E-state index in [-0.39, 0.29) is 23.6 Å². The molecule has 35 heavy (non-hydrogen) atoms. The molecule has 4 aliphatic rings. The first kappa shape index (κ1) is 22.0. The summed E-state index contributed by atoms with van der Waals surface area (Å²) >= 11 is 0. The lowest BCUT2D eigenvalue weighted by Crippen LogP contribution is -2.61. The number of aryl methyl sites for hydroxylation is 1. The van der Waals surface area contributed by atoms with Crippen molar-refractivity contribution in [2.24, 2.45) is 29.8 Å². The highest BCUT2D eigenvalue weighted by molar-refractivity contribution is 6.11. The van der Waals surface area contributed by atoms with Gasteiger partial charge in [-0.05, 0) is 49.7 Å². The first-order chi connectivity index (χ1) is 16.9. The highest BCUT2D eigenvalue weighted by atomic mass is 19.1. The molecular formula is C25H26F2N6O2. The number of rotatable bonds is 5. The molecule has 4 N–H and O–H groups in total. The molecule has 7 rings (SSSR count). The second-order valence-electron chi connectivity index (χ2n) is 9.78. The van der Waals surface area contributed by atoms with E-state index in [0.29, 0.717) is 28.0 Å². The van der Waals surface area contributed by atoms with Crippen molar-refractivity contribution in [2.45, 2.75) is 37.9 Å². The van der Waals surface area contributed by atoms with Crippen molar-refractivity contribution in [2.75, 3.05) is 0 Å². The molecule has 3 aromatic heterocycles. The van der Waals surface area contributed by atoms with Crippen LogP contribution in [0.1, 0.15) is 36.8 Å². The van der Waals surface area contributed by atoms with Crippen LogP contribution in [0.4, 0.5) is 8.78 Å². The number of hydrogen-bond acceptors (Lipinski definition) is 5. The minimum absolute atomic E-state index is 0.0926. The van der Waals surface area contributed by atoms with Crippen molar-refractivity contribution in [3.05, 3.63) is 59.7 Å². The van der Waals surface area contributed by atoms with E-state index in [4.69, 9.17) is 0 Å². The molecule has 10 heteroatoms. The summed E-state index contributed by atoms with van der Waals surface area (Å²) in [6.07, 6.45) is 9.05. The third kappa shape index (κ3) is 3.72. The van der Waals surface area contributed by atoms with Crippen LogP contribution in [0.5, 0.6) is 0 Å². The first-order valence-electron chi connectivity index (χ1n) is 11.9. The molecule has 3 aromatic rings. The minimum atomic E-state index is -0.977. The maximum Gasteiger partial charge on any atom is 0.308 e. The highest BCUT2D eigenvalue weighted by Crippen LogP contribution is 2.45. The summed E-state index contributed by atoms with van der Waals surface area (Å²) in [6, 6.07) is 2.78. The van der Waals surface area contributed by atoms with E-state index in [1.165, 1.54) is 6.07 Å². The zero-order chi connectivity index (χ0) is 24.3. The Morgan fingerprint density at radius 1 is 1.23 bits per heavy atom. The van der Waals surface area contributed by atoms with Crippen LogP contribution in [0.15, 0.2) is 47.7 Å². The van der Waals surface area contributed by atoms with Gasteiger partial charge in [-0.25, -0.2) is 18.8 Å². The van der Waals surface area contributed by atoms with Crippen molar-refractivity contribution in [1.82, 2.24) is 25.2 Å². The van der Waals surface area contributed by atoms with E-state index in [0.717, 1.165) is 31.9 Å². The molecule has 3 aliphatic carbocycles. The van der Waals surface area contributed by atoms with Crippen molar-refractivity contribution < 1.29 is 18.7 Å². The Morgan fingerprint density at radius 3 is 2.71 bits per heavy atom. The SMILES string of the molecule is Cn1ccc(C2=C(F)C(NC3C4CCC(CC4)C3C(=O)O)NC(c3c[nH]c4ncc(F)cc34)=N2)c1. The summed E-state index contributed by atoms with van der Waals surface area (Å²) in [6.45, 7) is 0. The van der Waals surface area contributed by atoms with Gasteiger partial charge in [-0.15, -0.1) is 0 Å². The Bertz CT molecular complexity index is 1370. The maximum atomic E-state index is 15.9. The number of aliphatic carboxylic acids is 1. The Kier molecular flexibility index (Phi) is 5.21. The van der Waals surface area contributed by atoms with Gasteiger partial charge in [0.2, 0.25) is 0 Å². The molecule has 3 fully saturated rings. The molecule has 4 heterocycles. The number of hydrogen-bond donors (Lipinski definition) is 4. The number of pyridine rings is 1. The second-order valence-corrected chi connectivity index (χ2v) is 9.78. The molecule has 3 saturated carbocycles. The maximum absolute atomic E-state index is 15.9. The van der Waals surface area contributed by atoms with Gasteiger partial charge in [-0.3, -0.25) is 10.1 Å². The monoisotopic (exact) mass is 480 g/mol. The predicted molar refractivity (Wildman–Crippen MR) is 126 cm³/mol. The molecule has 8 nitrogen and oxygen atoms in total. The number of aromatic nitrogens is 3. The Morgan fingerprint density at radius 2 is 2.00 bits per heavy atom. The lowest BCUT2D eigenvalue weighted by atomic mass is 9.61. The topological polar surface area (TPSA) is 107 Å². The molecule has 0 radical (unpaired) electrons. The molecule has 0 amide bonds. The van der Waals surface area contributed by atoms with Gasteiger partial charge in [0.1, 0.15) is 29.2 Å². The lowest BCUT2D eigenvalue weighted by Gasteiger charge is -2.48. The molecule has 3 atom stereocenters. The Hall–Kier alpha value is -3.53. The smallest absolute Gasteiger partial charge is 0.308 e. The summed E-state index contributed by atoms with van der Waals surface area (Å²) in [4.78, 5) is 23.8. The second kappa shape index (κ2) is 8.30. The number of carboxylic acid groups (broad SMARTS) is 1. The molecule has 0 saturated heterocycles. The average molecular weight is 481 g/mol. The first-order valence-corrected chi connectivity index (χ1v) is 11.9. The van der Waals surface area contributed by atoms with Crippen molar-refractivity contribution in [3.8, 4) is 0 Å². The van der Waals surface area contributed by atoms with E-state index in [1.54, 1.807) is 29.2 Å². The normalized spacial score (nSPS) is 28.3. The van der Waals surface area contributed by atoms with Gasteiger partial charge in [0, 0.05) is 48.2 Å². The summed E-state index contributed by atoms with van der Waals surface area (Å²) in [7, 11) is 1.84. The van der Waals surface area contributed by atoms with Gasteiger partial charge in [-0.2, -0.15) is 0 Å². The van der Waals surface area contributed by atoms with Crippen LogP contribution in [0.3, 0.4) is 0 Å². The number of nitrogens with zero attached hydrogens (tertiary/aromatic N) is 3. The molecule has 0 spiro atoms. The number of H-pyrrole nitrogens is 1. The fourth-order valence-corrected chi connectivity index (χ4v) is 6.04. The fraction of sp³-hybridized carbons (Fsp3) is 0.400. The number of halogens is 2. The van der Waals surface area contributed by atoms with E-state index in [1.807, 2.05) is 7.05 Å². The minimum Gasteiger partial charge on any atom is -0.481 e. The van der Waals surface area contributed by atoms with Crippen LogP contribution in [-0.2, 0) is 11.8 Å². The van der Waals surface area contributed by atoms with Gasteiger partial charge < -0.3 is 20.0 Å². The Balaban J connectivity index is 1.41. The summed E-state index contributed by atoms with van der Waals surface area (Å²) in [5.41, 5.74) is 1.80.